The number of thiophene rings is 1. The summed E-state index contributed by atoms with van der Waals surface area (Å²) in [4.78, 5) is 0.864. The molecule has 0 saturated carbocycles. The Labute approximate surface area is 95.7 Å². The Morgan fingerprint density at radius 1 is 1.19 bits per heavy atom. The molecule has 0 unspecified atom stereocenters. The lowest BCUT2D eigenvalue weighted by molar-refractivity contribution is 0.588. The van der Waals surface area contributed by atoms with Gasteiger partial charge in [0, 0.05) is 10.6 Å². The highest BCUT2D eigenvalue weighted by atomic mass is 32.1. The van der Waals surface area contributed by atoms with Crippen molar-refractivity contribution in [2.24, 2.45) is 0 Å². The molecule has 0 aliphatic carbocycles. The third-order valence-corrected chi connectivity index (χ3v) is 3.11. The summed E-state index contributed by atoms with van der Waals surface area (Å²) < 4.78 is 26.5. The highest BCUT2D eigenvalue weighted by Crippen LogP contribution is 2.23. The van der Waals surface area contributed by atoms with Crippen molar-refractivity contribution >= 4 is 22.7 Å². The summed E-state index contributed by atoms with van der Waals surface area (Å²) in [5.74, 6) is -1.20. The molecule has 0 bridgehead atoms. The van der Waals surface area contributed by atoms with Crippen molar-refractivity contribution in [2.75, 3.05) is 11.1 Å². The lowest BCUT2D eigenvalue weighted by atomic mass is 10.3. The zero-order chi connectivity index (χ0) is 11.5. The van der Waals surface area contributed by atoms with Gasteiger partial charge in [0.1, 0.15) is 17.3 Å². The minimum Gasteiger partial charge on any atom is -0.398 e. The highest BCUT2D eigenvalue weighted by Gasteiger charge is 2.08. The topological polar surface area (TPSA) is 38.0 Å². The summed E-state index contributed by atoms with van der Waals surface area (Å²) >= 11 is 1.45. The number of nitrogen functional groups attached to an aromatic ring is 1. The Morgan fingerprint density at radius 3 is 2.44 bits per heavy atom. The van der Waals surface area contributed by atoms with Crippen molar-refractivity contribution in [3.63, 3.8) is 0 Å². The fraction of sp³-hybridized carbons (Fsp3) is 0.0909. The van der Waals surface area contributed by atoms with Gasteiger partial charge in [0.15, 0.2) is 0 Å². The Kier molecular flexibility index (Phi) is 3.05. The standard InChI is InChI=1S/C11H10F2N2S/c12-7-2-1-3-8(13)11(7)15-6-10-9(14)4-5-16-10/h1-5,15H,6,14H2. The summed E-state index contributed by atoms with van der Waals surface area (Å²) in [5, 5.41) is 4.54. The summed E-state index contributed by atoms with van der Waals surface area (Å²) in [6.07, 6.45) is 0. The number of nitrogens with one attached hydrogen (secondary N) is 1. The van der Waals surface area contributed by atoms with Crippen LogP contribution < -0.4 is 11.1 Å². The maximum atomic E-state index is 13.2. The molecule has 0 atom stereocenters. The van der Waals surface area contributed by atoms with Crippen molar-refractivity contribution in [3.8, 4) is 0 Å². The highest BCUT2D eigenvalue weighted by molar-refractivity contribution is 7.10. The molecule has 0 amide bonds. The van der Waals surface area contributed by atoms with Crippen LogP contribution in [0.25, 0.3) is 0 Å². The van der Waals surface area contributed by atoms with Crippen molar-refractivity contribution in [3.05, 3.63) is 46.2 Å². The van der Waals surface area contributed by atoms with Gasteiger partial charge in [0.2, 0.25) is 0 Å². The third-order valence-electron chi connectivity index (χ3n) is 2.17. The van der Waals surface area contributed by atoms with Gasteiger partial charge >= 0.3 is 0 Å². The maximum Gasteiger partial charge on any atom is 0.149 e. The van der Waals surface area contributed by atoms with E-state index in [4.69, 9.17) is 5.73 Å². The molecule has 2 rings (SSSR count). The molecule has 0 radical (unpaired) electrons. The zero-order valence-electron chi connectivity index (χ0n) is 8.34. The molecule has 5 heteroatoms. The molecule has 2 aromatic rings. The van der Waals surface area contributed by atoms with Crippen molar-refractivity contribution in [1.82, 2.24) is 0 Å². The van der Waals surface area contributed by atoms with Crippen LogP contribution in [0.1, 0.15) is 4.88 Å². The quantitative estimate of drug-likeness (QED) is 0.864. The average molecular weight is 240 g/mol. The van der Waals surface area contributed by atoms with Gasteiger partial charge < -0.3 is 11.1 Å². The van der Waals surface area contributed by atoms with Crippen LogP contribution in [0.3, 0.4) is 0 Å². The minimum absolute atomic E-state index is 0.115. The van der Waals surface area contributed by atoms with Gasteiger partial charge in [-0.2, -0.15) is 0 Å². The molecule has 0 spiro atoms. The Balaban J connectivity index is 2.14. The van der Waals surface area contributed by atoms with Crippen LogP contribution in [0.5, 0.6) is 0 Å². The van der Waals surface area contributed by atoms with E-state index in [1.54, 1.807) is 6.07 Å². The monoisotopic (exact) mass is 240 g/mol. The van der Waals surface area contributed by atoms with Crippen LogP contribution in [-0.4, -0.2) is 0 Å². The fourth-order valence-corrected chi connectivity index (χ4v) is 2.07. The molecule has 0 aliphatic rings. The van der Waals surface area contributed by atoms with Crippen LogP contribution >= 0.6 is 11.3 Å². The molecule has 0 saturated heterocycles. The Bertz CT molecular complexity index is 476. The molecule has 1 aromatic heterocycles. The number of hydrogen-bond donors (Lipinski definition) is 2. The molecule has 3 N–H and O–H groups in total. The van der Waals surface area contributed by atoms with Crippen molar-refractivity contribution < 1.29 is 8.78 Å². The minimum atomic E-state index is -0.602. The summed E-state index contributed by atoms with van der Waals surface area (Å²) in [7, 11) is 0. The second-order valence-electron chi connectivity index (χ2n) is 3.25. The van der Waals surface area contributed by atoms with Crippen LogP contribution in [0.4, 0.5) is 20.2 Å². The van der Waals surface area contributed by atoms with Crippen molar-refractivity contribution in [2.45, 2.75) is 6.54 Å². The molecular weight excluding hydrogens is 230 g/mol. The van der Waals surface area contributed by atoms with Gasteiger partial charge in [-0.3, -0.25) is 0 Å². The number of rotatable bonds is 3. The van der Waals surface area contributed by atoms with Crippen molar-refractivity contribution in [1.29, 1.82) is 0 Å². The van der Waals surface area contributed by atoms with Crippen LogP contribution in [0.15, 0.2) is 29.6 Å². The number of para-hydroxylation sites is 1. The molecular formula is C11H10F2N2S. The third kappa shape index (κ3) is 2.14. The van der Waals surface area contributed by atoms with E-state index in [1.807, 2.05) is 5.38 Å². The second-order valence-corrected chi connectivity index (χ2v) is 4.25. The van der Waals surface area contributed by atoms with Gasteiger partial charge in [-0.25, -0.2) is 8.78 Å². The Hall–Kier alpha value is -1.62. The largest absolute Gasteiger partial charge is 0.398 e. The van der Waals surface area contributed by atoms with Gasteiger partial charge in [0.05, 0.1) is 6.54 Å². The first-order valence-corrected chi connectivity index (χ1v) is 5.56. The number of benzene rings is 1. The van der Waals surface area contributed by atoms with E-state index in [2.05, 4.69) is 5.32 Å². The van der Waals surface area contributed by atoms with E-state index in [1.165, 1.54) is 29.5 Å². The van der Waals surface area contributed by atoms with E-state index < -0.39 is 11.6 Å². The first kappa shape index (κ1) is 10.9. The van der Waals surface area contributed by atoms with Crippen LogP contribution in [-0.2, 0) is 6.54 Å². The average Bonchev–Trinajstić information content (AvgIpc) is 2.64. The maximum absolute atomic E-state index is 13.2. The summed E-state index contributed by atoms with van der Waals surface area (Å²) in [6, 6.07) is 5.52. The predicted molar refractivity (Wildman–Crippen MR) is 62.4 cm³/mol. The molecule has 0 aliphatic heterocycles. The predicted octanol–water partition coefficient (Wildman–Crippen LogP) is 3.22. The van der Waals surface area contributed by atoms with E-state index >= 15 is 0 Å². The van der Waals surface area contributed by atoms with Crippen LogP contribution in [0, 0.1) is 11.6 Å². The Morgan fingerprint density at radius 2 is 1.88 bits per heavy atom. The smallest absolute Gasteiger partial charge is 0.149 e. The first-order valence-electron chi connectivity index (χ1n) is 4.68. The van der Waals surface area contributed by atoms with Crippen LogP contribution in [0.2, 0.25) is 0 Å². The van der Waals surface area contributed by atoms with E-state index in [0.717, 1.165) is 4.88 Å². The van der Waals surface area contributed by atoms with E-state index in [-0.39, 0.29) is 5.69 Å². The van der Waals surface area contributed by atoms with Gasteiger partial charge in [-0.05, 0) is 23.6 Å². The second kappa shape index (κ2) is 4.49. The van der Waals surface area contributed by atoms with E-state index in [0.29, 0.717) is 12.2 Å². The number of hydrogen-bond acceptors (Lipinski definition) is 3. The van der Waals surface area contributed by atoms with Gasteiger partial charge in [-0.1, -0.05) is 6.07 Å². The molecule has 1 heterocycles. The molecule has 1 aromatic carbocycles. The lowest BCUT2D eigenvalue weighted by Gasteiger charge is -2.07. The number of anilines is 2. The van der Waals surface area contributed by atoms with Gasteiger partial charge in [-0.15, -0.1) is 11.3 Å². The first-order chi connectivity index (χ1) is 7.68. The molecule has 16 heavy (non-hydrogen) atoms. The normalized spacial score (nSPS) is 10.4. The molecule has 84 valence electrons. The van der Waals surface area contributed by atoms with E-state index in [9.17, 15) is 8.78 Å². The number of nitrogens with two attached hydrogens (primary N) is 1. The van der Waals surface area contributed by atoms with Gasteiger partial charge in [0.25, 0.3) is 0 Å². The lowest BCUT2D eigenvalue weighted by Crippen LogP contribution is -2.03. The summed E-state index contributed by atoms with van der Waals surface area (Å²) in [5.41, 5.74) is 6.18. The SMILES string of the molecule is Nc1ccsc1CNc1c(F)cccc1F. The molecule has 0 fully saturated rings. The molecule has 2 nitrogen and oxygen atoms in total. The fourth-order valence-electron chi connectivity index (χ4n) is 1.33. The zero-order valence-corrected chi connectivity index (χ0v) is 9.15. The summed E-state index contributed by atoms with van der Waals surface area (Å²) in [6.45, 7) is 0.321. The number of halogens is 2.